The number of amides is 1. The van der Waals surface area contributed by atoms with Crippen molar-refractivity contribution in [3.63, 3.8) is 0 Å². The third kappa shape index (κ3) is 3.10. The van der Waals surface area contributed by atoms with Gasteiger partial charge in [-0.15, -0.1) is 0 Å². The van der Waals surface area contributed by atoms with Crippen LogP contribution in [-0.2, 0) is 0 Å². The normalized spacial score (nSPS) is 10.5. The summed E-state index contributed by atoms with van der Waals surface area (Å²) in [4.78, 5) is 20.2. The maximum absolute atomic E-state index is 14.1. The molecule has 6 nitrogen and oxygen atoms in total. The molecule has 1 N–H and O–H groups in total. The zero-order chi connectivity index (χ0) is 18.0. The molecule has 2 rings (SSSR count). The van der Waals surface area contributed by atoms with Gasteiger partial charge in [-0.25, -0.2) is 8.78 Å². The lowest BCUT2D eigenvalue weighted by Crippen LogP contribution is -2.18. The summed E-state index contributed by atoms with van der Waals surface area (Å²) in [5, 5.41) is 2.38. The number of carbonyl (C=O) groups excluding carboxylic acids is 1. The van der Waals surface area contributed by atoms with Crippen LogP contribution < -0.4 is 14.8 Å². The number of halogens is 3. The van der Waals surface area contributed by atoms with Crippen LogP contribution in [0, 0.1) is 31.3 Å². The molecule has 1 aromatic heterocycles. The standard InChI is InChI=1S/C15H14F3N3O3/c1-6-12(7(2)20-15(19-6)24-4)21-14(22)8-5-9(16)11(18)13(23-3)10(8)17/h5H,1-4H3,(H,21,22). The van der Waals surface area contributed by atoms with E-state index < -0.39 is 34.7 Å². The predicted molar refractivity (Wildman–Crippen MR) is 78.9 cm³/mol. The van der Waals surface area contributed by atoms with Crippen molar-refractivity contribution in [1.29, 1.82) is 0 Å². The summed E-state index contributed by atoms with van der Waals surface area (Å²) in [5.41, 5.74) is 0.231. The third-order valence-corrected chi connectivity index (χ3v) is 3.24. The van der Waals surface area contributed by atoms with E-state index in [1.165, 1.54) is 7.11 Å². The summed E-state index contributed by atoms with van der Waals surface area (Å²) >= 11 is 0. The fourth-order valence-corrected chi connectivity index (χ4v) is 2.06. The molecule has 9 heteroatoms. The number of aromatic nitrogens is 2. The Balaban J connectivity index is 2.43. The van der Waals surface area contributed by atoms with Crippen LogP contribution in [0.3, 0.4) is 0 Å². The second kappa shape index (κ2) is 6.73. The summed E-state index contributed by atoms with van der Waals surface area (Å²) in [7, 11) is 2.35. The Hall–Kier alpha value is -2.84. The largest absolute Gasteiger partial charge is 0.491 e. The van der Waals surface area contributed by atoms with Gasteiger partial charge in [0.15, 0.2) is 17.4 Å². The molecule has 0 radical (unpaired) electrons. The molecule has 1 amide bonds. The molecule has 0 aliphatic heterocycles. The first-order chi connectivity index (χ1) is 11.3. The molecule has 0 saturated heterocycles. The molecule has 0 fully saturated rings. The maximum atomic E-state index is 14.1. The van der Waals surface area contributed by atoms with Crippen molar-refractivity contribution < 1.29 is 27.4 Å². The van der Waals surface area contributed by atoms with Crippen LogP contribution in [0.4, 0.5) is 18.9 Å². The van der Waals surface area contributed by atoms with Gasteiger partial charge < -0.3 is 14.8 Å². The molecule has 128 valence electrons. The molecule has 2 aromatic rings. The summed E-state index contributed by atoms with van der Waals surface area (Å²) in [5.74, 6) is -6.19. The second-order valence-electron chi connectivity index (χ2n) is 4.78. The monoisotopic (exact) mass is 341 g/mol. The van der Waals surface area contributed by atoms with Gasteiger partial charge in [0.1, 0.15) is 0 Å². The van der Waals surface area contributed by atoms with Crippen LogP contribution in [-0.4, -0.2) is 30.1 Å². The first kappa shape index (κ1) is 17.5. The van der Waals surface area contributed by atoms with E-state index in [0.29, 0.717) is 17.5 Å². The number of benzene rings is 1. The summed E-state index contributed by atoms with van der Waals surface area (Å²) in [6, 6.07) is 0.557. The highest BCUT2D eigenvalue weighted by molar-refractivity contribution is 6.05. The Morgan fingerprint density at radius 1 is 1.04 bits per heavy atom. The molecule has 0 saturated carbocycles. The molecule has 0 spiro atoms. The third-order valence-electron chi connectivity index (χ3n) is 3.24. The van der Waals surface area contributed by atoms with Crippen LogP contribution in [0.1, 0.15) is 21.7 Å². The van der Waals surface area contributed by atoms with E-state index in [9.17, 15) is 18.0 Å². The number of anilines is 1. The van der Waals surface area contributed by atoms with Gasteiger partial charge in [0, 0.05) is 0 Å². The van der Waals surface area contributed by atoms with Gasteiger partial charge >= 0.3 is 6.01 Å². The predicted octanol–water partition coefficient (Wildman–Crippen LogP) is 2.78. The molecular weight excluding hydrogens is 327 g/mol. The molecule has 0 aliphatic carbocycles. The number of hydrogen-bond donors (Lipinski definition) is 1. The van der Waals surface area contributed by atoms with Crippen LogP contribution in [0.15, 0.2) is 6.07 Å². The number of hydrogen-bond acceptors (Lipinski definition) is 5. The minimum atomic E-state index is -1.51. The lowest BCUT2D eigenvalue weighted by molar-refractivity contribution is 0.102. The van der Waals surface area contributed by atoms with Gasteiger partial charge in [0.25, 0.3) is 5.91 Å². The smallest absolute Gasteiger partial charge is 0.316 e. The van der Waals surface area contributed by atoms with E-state index in [0.717, 1.165) is 7.11 Å². The molecule has 24 heavy (non-hydrogen) atoms. The highest BCUT2D eigenvalue weighted by Gasteiger charge is 2.24. The average molecular weight is 341 g/mol. The van der Waals surface area contributed by atoms with Gasteiger partial charge in [-0.1, -0.05) is 0 Å². The molecular formula is C15H14F3N3O3. The molecule has 0 atom stereocenters. The Kier molecular flexibility index (Phi) is 4.91. The zero-order valence-electron chi connectivity index (χ0n) is 13.3. The van der Waals surface area contributed by atoms with Crippen molar-refractivity contribution >= 4 is 11.6 Å². The van der Waals surface area contributed by atoms with Crippen molar-refractivity contribution in [3.8, 4) is 11.8 Å². The first-order valence-electron chi connectivity index (χ1n) is 6.72. The molecule has 0 aliphatic rings. The maximum Gasteiger partial charge on any atom is 0.316 e. The fourth-order valence-electron chi connectivity index (χ4n) is 2.06. The first-order valence-corrected chi connectivity index (χ1v) is 6.72. The summed E-state index contributed by atoms with van der Waals surface area (Å²) in [6.07, 6.45) is 0. The van der Waals surface area contributed by atoms with E-state index in [1.807, 2.05) is 0 Å². The number of ether oxygens (including phenoxy) is 2. The van der Waals surface area contributed by atoms with E-state index in [4.69, 9.17) is 4.74 Å². The van der Waals surface area contributed by atoms with Crippen molar-refractivity contribution in [2.45, 2.75) is 13.8 Å². The van der Waals surface area contributed by atoms with Crippen molar-refractivity contribution in [2.75, 3.05) is 19.5 Å². The summed E-state index contributed by atoms with van der Waals surface area (Å²) < 4.78 is 50.5. The van der Waals surface area contributed by atoms with Gasteiger partial charge in [-0.3, -0.25) is 4.79 Å². The van der Waals surface area contributed by atoms with Crippen molar-refractivity contribution in [1.82, 2.24) is 9.97 Å². The molecule has 1 aromatic carbocycles. The summed E-state index contributed by atoms with van der Waals surface area (Å²) in [6.45, 7) is 3.16. The zero-order valence-corrected chi connectivity index (χ0v) is 13.3. The molecule has 0 bridgehead atoms. The van der Waals surface area contributed by atoms with Gasteiger partial charge in [0.2, 0.25) is 5.82 Å². The van der Waals surface area contributed by atoms with E-state index in [1.54, 1.807) is 13.8 Å². The number of methoxy groups -OCH3 is 2. The average Bonchev–Trinajstić information content (AvgIpc) is 2.54. The van der Waals surface area contributed by atoms with Gasteiger partial charge in [-0.2, -0.15) is 14.4 Å². The number of aryl methyl sites for hydroxylation is 2. The van der Waals surface area contributed by atoms with Crippen molar-refractivity contribution in [2.24, 2.45) is 0 Å². The van der Waals surface area contributed by atoms with Crippen LogP contribution in [0.2, 0.25) is 0 Å². The lowest BCUT2D eigenvalue weighted by atomic mass is 10.1. The number of rotatable bonds is 4. The SMILES string of the molecule is COc1nc(C)c(NC(=O)c2cc(F)c(F)c(OC)c2F)c(C)n1. The Morgan fingerprint density at radius 3 is 2.12 bits per heavy atom. The number of nitrogens with one attached hydrogen (secondary N) is 1. The number of carbonyl (C=O) groups is 1. The Labute approximate surface area is 135 Å². The van der Waals surface area contributed by atoms with Crippen LogP contribution in [0.5, 0.6) is 11.8 Å². The topological polar surface area (TPSA) is 73.3 Å². The highest BCUT2D eigenvalue weighted by atomic mass is 19.2. The number of nitrogens with zero attached hydrogens (tertiary/aromatic N) is 2. The van der Waals surface area contributed by atoms with Crippen LogP contribution in [0.25, 0.3) is 0 Å². The van der Waals surface area contributed by atoms with Gasteiger partial charge in [-0.05, 0) is 19.9 Å². The molecule has 1 heterocycles. The minimum Gasteiger partial charge on any atom is -0.491 e. The van der Waals surface area contributed by atoms with E-state index in [-0.39, 0.29) is 11.7 Å². The highest BCUT2D eigenvalue weighted by Crippen LogP contribution is 2.28. The molecule has 0 unspecified atom stereocenters. The quantitative estimate of drug-likeness (QED) is 0.866. The van der Waals surface area contributed by atoms with Gasteiger partial charge in [0.05, 0.1) is 36.9 Å². The second-order valence-corrected chi connectivity index (χ2v) is 4.78. The fraction of sp³-hybridized carbons (Fsp3) is 0.267. The Bertz CT molecular complexity index is 789. The minimum absolute atomic E-state index is 0.101. The van der Waals surface area contributed by atoms with Crippen LogP contribution >= 0.6 is 0 Å². The van der Waals surface area contributed by atoms with E-state index in [2.05, 4.69) is 20.0 Å². The van der Waals surface area contributed by atoms with Crippen molar-refractivity contribution in [3.05, 3.63) is 40.5 Å². The Morgan fingerprint density at radius 2 is 1.62 bits per heavy atom. The lowest BCUT2D eigenvalue weighted by Gasteiger charge is -2.13. The van der Waals surface area contributed by atoms with E-state index >= 15 is 0 Å².